The summed E-state index contributed by atoms with van der Waals surface area (Å²) in [5.74, 6) is -0.0405. The minimum absolute atomic E-state index is 0.0405. The summed E-state index contributed by atoms with van der Waals surface area (Å²) in [6, 6.07) is 3.94. The Hall–Kier alpha value is -1.13. The lowest BCUT2D eigenvalue weighted by atomic mass is 10.4. The van der Waals surface area contributed by atoms with Crippen LogP contribution >= 0.6 is 11.3 Å². The Balaban J connectivity index is 2.18. The zero-order valence-corrected chi connectivity index (χ0v) is 9.64. The fourth-order valence-corrected chi connectivity index (χ4v) is 1.67. The molecular weight excluding hydrogens is 208 g/mol. The molecule has 0 aliphatic carbocycles. The Kier molecular flexibility index (Phi) is 5.73. The Labute approximate surface area is 94.2 Å². The average Bonchev–Trinajstić information content (AvgIpc) is 2.74. The van der Waals surface area contributed by atoms with Crippen LogP contribution in [0.25, 0.3) is 6.08 Å². The van der Waals surface area contributed by atoms with Crippen LogP contribution in [0.1, 0.15) is 11.8 Å². The van der Waals surface area contributed by atoms with Gasteiger partial charge in [-0.2, -0.15) is 0 Å². The van der Waals surface area contributed by atoms with Crippen molar-refractivity contribution in [3.63, 3.8) is 0 Å². The number of carbonyl (C=O) groups is 1. The van der Waals surface area contributed by atoms with Crippen molar-refractivity contribution in [3.8, 4) is 0 Å². The lowest BCUT2D eigenvalue weighted by Crippen LogP contribution is -2.30. The van der Waals surface area contributed by atoms with Crippen LogP contribution in [-0.4, -0.2) is 25.5 Å². The van der Waals surface area contributed by atoms with E-state index in [1.54, 1.807) is 17.4 Å². The molecule has 0 aromatic carbocycles. The number of nitrogens with one attached hydrogen (secondary N) is 2. The van der Waals surface area contributed by atoms with Crippen molar-refractivity contribution in [2.24, 2.45) is 0 Å². The SMILES string of the molecule is CCNCCNC(=O)C=Cc1cccs1. The Morgan fingerprint density at radius 2 is 2.40 bits per heavy atom. The largest absolute Gasteiger partial charge is 0.351 e. The van der Waals surface area contributed by atoms with Gasteiger partial charge in [-0.3, -0.25) is 4.79 Å². The molecule has 0 radical (unpaired) electrons. The fourth-order valence-electron chi connectivity index (χ4n) is 1.05. The number of hydrogen-bond acceptors (Lipinski definition) is 3. The Morgan fingerprint density at radius 1 is 1.53 bits per heavy atom. The molecule has 4 heteroatoms. The molecule has 0 bridgehead atoms. The van der Waals surface area contributed by atoms with Crippen molar-refractivity contribution in [3.05, 3.63) is 28.5 Å². The van der Waals surface area contributed by atoms with Gasteiger partial charge in [-0.15, -0.1) is 11.3 Å². The molecule has 1 rings (SSSR count). The standard InChI is InChI=1S/C11H16N2OS/c1-2-12-7-8-13-11(14)6-5-10-4-3-9-15-10/h3-6,9,12H,2,7-8H2,1H3,(H,13,14). The van der Waals surface area contributed by atoms with E-state index in [0.29, 0.717) is 6.54 Å². The molecule has 0 spiro atoms. The minimum Gasteiger partial charge on any atom is -0.351 e. The van der Waals surface area contributed by atoms with Crippen LogP contribution in [0.3, 0.4) is 0 Å². The monoisotopic (exact) mass is 224 g/mol. The summed E-state index contributed by atoms with van der Waals surface area (Å²) in [7, 11) is 0. The van der Waals surface area contributed by atoms with Crippen molar-refractivity contribution in [1.82, 2.24) is 10.6 Å². The first-order valence-corrected chi connectivity index (χ1v) is 5.91. The number of rotatable bonds is 6. The zero-order valence-electron chi connectivity index (χ0n) is 8.82. The van der Waals surface area contributed by atoms with Crippen LogP contribution in [0.5, 0.6) is 0 Å². The molecule has 1 amide bonds. The second-order valence-corrected chi connectivity index (χ2v) is 3.97. The van der Waals surface area contributed by atoms with Crippen molar-refractivity contribution >= 4 is 23.3 Å². The quantitative estimate of drug-likeness (QED) is 0.568. The van der Waals surface area contributed by atoms with E-state index in [4.69, 9.17) is 0 Å². The first kappa shape index (κ1) is 11.9. The van der Waals surface area contributed by atoms with Gasteiger partial charge >= 0.3 is 0 Å². The minimum atomic E-state index is -0.0405. The third kappa shape index (κ3) is 5.34. The van der Waals surface area contributed by atoms with Gasteiger partial charge in [-0.05, 0) is 24.1 Å². The zero-order chi connectivity index (χ0) is 10.9. The molecule has 82 valence electrons. The summed E-state index contributed by atoms with van der Waals surface area (Å²) >= 11 is 1.62. The molecule has 1 aromatic heterocycles. The van der Waals surface area contributed by atoms with Crippen molar-refractivity contribution in [1.29, 1.82) is 0 Å². The number of likely N-dealkylation sites (N-methyl/N-ethyl adjacent to an activating group) is 1. The summed E-state index contributed by atoms with van der Waals surface area (Å²) in [6.45, 7) is 4.45. The van der Waals surface area contributed by atoms with Crippen LogP contribution in [0.15, 0.2) is 23.6 Å². The van der Waals surface area contributed by atoms with Gasteiger partial charge in [0.2, 0.25) is 5.91 Å². The third-order valence-corrected chi connectivity index (χ3v) is 2.63. The van der Waals surface area contributed by atoms with E-state index in [9.17, 15) is 4.79 Å². The summed E-state index contributed by atoms with van der Waals surface area (Å²) < 4.78 is 0. The molecule has 1 aromatic rings. The maximum Gasteiger partial charge on any atom is 0.244 e. The second-order valence-electron chi connectivity index (χ2n) is 2.99. The molecule has 15 heavy (non-hydrogen) atoms. The molecule has 3 nitrogen and oxygen atoms in total. The predicted molar refractivity (Wildman–Crippen MR) is 64.9 cm³/mol. The van der Waals surface area contributed by atoms with E-state index < -0.39 is 0 Å². The van der Waals surface area contributed by atoms with Crippen molar-refractivity contribution in [2.45, 2.75) is 6.92 Å². The fraction of sp³-hybridized carbons (Fsp3) is 0.364. The maximum atomic E-state index is 11.3. The highest BCUT2D eigenvalue weighted by molar-refractivity contribution is 7.10. The molecule has 0 atom stereocenters. The summed E-state index contributed by atoms with van der Waals surface area (Å²) in [5.41, 5.74) is 0. The summed E-state index contributed by atoms with van der Waals surface area (Å²) in [4.78, 5) is 12.4. The van der Waals surface area contributed by atoms with Gasteiger partial charge in [-0.25, -0.2) is 0 Å². The van der Waals surface area contributed by atoms with E-state index in [-0.39, 0.29) is 5.91 Å². The molecule has 0 saturated heterocycles. The topological polar surface area (TPSA) is 41.1 Å². The molecular formula is C11H16N2OS. The van der Waals surface area contributed by atoms with E-state index in [0.717, 1.165) is 18.0 Å². The number of hydrogen-bond donors (Lipinski definition) is 2. The maximum absolute atomic E-state index is 11.3. The van der Waals surface area contributed by atoms with Gasteiger partial charge in [-0.1, -0.05) is 13.0 Å². The highest BCUT2D eigenvalue weighted by Crippen LogP contribution is 2.09. The smallest absolute Gasteiger partial charge is 0.244 e. The Morgan fingerprint density at radius 3 is 3.07 bits per heavy atom. The van der Waals surface area contributed by atoms with E-state index in [2.05, 4.69) is 10.6 Å². The molecule has 0 aliphatic heterocycles. The van der Waals surface area contributed by atoms with Crippen molar-refractivity contribution < 1.29 is 4.79 Å². The first-order chi connectivity index (χ1) is 7.33. The van der Waals surface area contributed by atoms with E-state index in [1.165, 1.54) is 0 Å². The summed E-state index contributed by atoms with van der Waals surface area (Å²) in [6.07, 6.45) is 3.39. The Bertz CT molecular complexity index is 306. The summed E-state index contributed by atoms with van der Waals surface area (Å²) in [5, 5.41) is 7.92. The van der Waals surface area contributed by atoms with Gasteiger partial charge < -0.3 is 10.6 Å². The molecule has 0 fully saturated rings. The van der Waals surface area contributed by atoms with Gasteiger partial charge in [0.1, 0.15) is 0 Å². The molecule has 2 N–H and O–H groups in total. The molecule has 0 aliphatic rings. The van der Waals surface area contributed by atoms with Gasteiger partial charge in [0.05, 0.1) is 0 Å². The lowest BCUT2D eigenvalue weighted by Gasteiger charge is -2.01. The number of thiophene rings is 1. The van der Waals surface area contributed by atoms with Crippen LogP contribution in [0.4, 0.5) is 0 Å². The van der Waals surface area contributed by atoms with E-state index >= 15 is 0 Å². The molecule has 1 heterocycles. The van der Waals surface area contributed by atoms with Crippen LogP contribution in [0.2, 0.25) is 0 Å². The molecule has 0 saturated carbocycles. The predicted octanol–water partition coefficient (Wildman–Crippen LogP) is 1.49. The van der Waals surface area contributed by atoms with Crippen LogP contribution < -0.4 is 10.6 Å². The average molecular weight is 224 g/mol. The molecule has 0 unspecified atom stereocenters. The van der Waals surface area contributed by atoms with Gasteiger partial charge in [0, 0.05) is 24.0 Å². The highest BCUT2D eigenvalue weighted by atomic mass is 32.1. The number of carbonyl (C=O) groups excluding carboxylic acids is 1. The van der Waals surface area contributed by atoms with Gasteiger partial charge in [0.15, 0.2) is 0 Å². The van der Waals surface area contributed by atoms with E-state index in [1.807, 2.05) is 30.5 Å². The first-order valence-electron chi connectivity index (χ1n) is 5.03. The van der Waals surface area contributed by atoms with Crippen LogP contribution in [0, 0.1) is 0 Å². The van der Waals surface area contributed by atoms with Gasteiger partial charge in [0.25, 0.3) is 0 Å². The second kappa shape index (κ2) is 7.20. The lowest BCUT2D eigenvalue weighted by molar-refractivity contribution is -0.116. The van der Waals surface area contributed by atoms with Crippen molar-refractivity contribution in [2.75, 3.05) is 19.6 Å². The number of amides is 1. The third-order valence-electron chi connectivity index (χ3n) is 1.79. The normalized spacial score (nSPS) is 10.7. The van der Waals surface area contributed by atoms with Crippen LogP contribution in [-0.2, 0) is 4.79 Å². The highest BCUT2D eigenvalue weighted by Gasteiger charge is 1.93.